The van der Waals surface area contributed by atoms with Gasteiger partial charge in [-0.25, -0.2) is 9.20 Å². The van der Waals surface area contributed by atoms with Gasteiger partial charge in [0.15, 0.2) is 0 Å². The predicted octanol–water partition coefficient (Wildman–Crippen LogP) is 1.42. The van der Waals surface area contributed by atoms with Crippen molar-refractivity contribution in [2.24, 2.45) is 5.92 Å². The van der Waals surface area contributed by atoms with Crippen molar-refractivity contribution in [2.45, 2.75) is 26.3 Å². The summed E-state index contributed by atoms with van der Waals surface area (Å²) < 4.78 is 7.65. The summed E-state index contributed by atoms with van der Waals surface area (Å²) >= 11 is 1.54. The lowest BCUT2D eigenvalue weighted by molar-refractivity contribution is -0.151. The highest BCUT2D eigenvalue weighted by Crippen LogP contribution is 2.23. The number of amides is 1. The zero-order chi connectivity index (χ0) is 20.4. The van der Waals surface area contributed by atoms with E-state index in [0.717, 1.165) is 9.56 Å². The van der Waals surface area contributed by atoms with Crippen LogP contribution in [-0.4, -0.2) is 55.9 Å². The van der Waals surface area contributed by atoms with Crippen molar-refractivity contribution >= 4 is 28.7 Å². The number of thiophene rings is 1. The van der Waals surface area contributed by atoms with Crippen LogP contribution >= 0.6 is 11.3 Å². The van der Waals surface area contributed by atoms with Gasteiger partial charge < -0.3 is 9.64 Å². The number of ether oxygens (including phenoxy) is 1. The summed E-state index contributed by atoms with van der Waals surface area (Å²) in [6, 6.07) is 5.56. The standard InChI is InChI=1S/C19H21N5O4S/c1-2-28-19(27)13-5-7-22(8-6-13)17(25)11-23-18(26)15-10-14(16-4-3-9-29-16)21-24(15)12-20-23/h3-4,9-10,12-13H,2,5-8,11H2,1H3. The summed E-state index contributed by atoms with van der Waals surface area (Å²) in [5.41, 5.74) is 0.707. The molecule has 1 amide bonds. The van der Waals surface area contributed by atoms with Crippen LogP contribution in [0, 0.1) is 5.92 Å². The van der Waals surface area contributed by atoms with Gasteiger partial charge in [-0.1, -0.05) is 6.07 Å². The molecule has 0 atom stereocenters. The van der Waals surface area contributed by atoms with E-state index in [1.54, 1.807) is 17.9 Å². The molecule has 0 saturated carbocycles. The second-order valence-electron chi connectivity index (χ2n) is 6.84. The van der Waals surface area contributed by atoms with Crippen molar-refractivity contribution in [3.05, 3.63) is 40.3 Å². The largest absolute Gasteiger partial charge is 0.466 e. The molecule has 0 unspecified atom stereocenters. The minimum atomic E-state index is -0.363. The molecule has 3 aromatic heterocycles. The monoisotopic (exact) mass is 415 g/mol. The molecule has 3 aromatic rings. The molecule has 0 radical (unpaired) electrons. The van der Waals surface area contributed by atoms with Crippen LogP contribution in [0.4, 0.5) is 0 Å². The van der Waals surface area contributed by atoms with Gasteiger partial charge in [-0.3, -0.25) is 14.4 Å². The van der Waals surface area contributed by atoms with Crippen LogP contribution < -0.4 is 5.56 Å². The summed E-state index contributed by atoms with van der Waals surface area (Å²) in [5.74, 6) is -0.562. The summed E-state index contributed by atoms with van der Waals surface area (Å²) in [5, 5.41) is 10.4. The third-order valence-electron chi connectivity index (χ3n) is 5.02. The SMILES string of the molecule is CCOC(=O)C1CCN(C(=O)Cn2ncn3nc(-c4cccs4)cc3c2=O)CC1. The summed E-state index contributed by atoms with van der Waals surface area (Å²) in [6.45, 7) is 2.93. The Kier molecular flexibility index (Phi) is 5.43. The van der Waals surface area contributed by atoms with Gasteiger partial charge in [0.05, 0.1) is 17.4 Å². The Balaban J connectivity index is 1.45. The maximum atomic E-state index is 12.8. The van der Waals surface area contributed by atoms with Crippen molar-refractivity contribution in [1.29, 1.82) is 0 Å². The summed E-state index contributed by atoms with van der Waals surface area (Å²) in [7, 11) is 0. The van der Waals surface area contributed by atoms with Crippen LogP contribution in [0.2, 0.25) is 0 Å². The molecule has 0 aromatic carbocycles. The molecule has 1 saturated heterocycles. The lowest BCUT2D eigenvalue weighted by Gasteiger charge is -2.30. The van der Waals surface area contributed by atoms with Gasteiger partial charge >= 0.3 is 5.97 Å². The maximum absolute atomic E-state index is 12.8. The molecule has 10 heteroatoms. The molecular formula is C19H21N5O4S. The summed E-state index contributed by atoms with van der Waals surface area (Å²) in [4.78, 5) is 39.9. The second kappa shape index (κ2) is 8.16. The Labute approximate surface area is 170 Å². The zero-order valence-corrected chi connectivity index (χ0v) is 16.8. The number of likely N-dealkylation sites (tertiary alicyclic amines) is 1. The number of aromatic nitrogens is 4. The molecule has 0 bridgehead atoms. The Morgan fingerprint density at radius 1 is 1.31 bits per heavy atom. The Hall–Kier alpha value is -3.01. The minimum Gasteiger partial charge on any atom is -0.466 e. The molecule has 1 fully saturated rings. The van der Waals surface area contributed by atoms with E-state index in [0.29, 0.717) is 43.7 Å². The van der Waals surface area contributed by atoms with E-state index in [2.05, 4.69) is 10.2 Å². The van der Waals surface area contributed by atoms with Crippen molar-refractivity contribution < 1.29 is 14.3 Å². The molecule has 152 valence electrons. The number of nitrogens with zero attached hydrogens (tertiary/aromatic N) is 5. The fourth-order valence-corrected chi connectivity index (χ4v) is 4.13. The van der Waals surface area contributed by atoms with Crippen LogP contribution in [0.25, 0.3) is 16.1 Å². The van der Waals surface area contributed by atoms with E-state index in [1.807, 2.05) is 17.5 Å². The lowest BCUT2D eigenvalue weighted by Crippen LogP contribution is -2.43. The number of fused-ring (bicyclic) bond motifs is 1. The molecular weight excluding hydrogens is 394 g/mol. The van der Waals surface area contributed by atoms with Gasteiger partial charge in [-0.2, -0.15) is 10.2 Å². The highest BCUT2D eigenvalue weighted by molar-refractivity contribution is 7.13. The fourth-order valence-electron chi connectivity index (χ4n) is 3.45. The molecule has 4 heterocycles. The first-order valence-electron chi connectivity index (χ1n) is 9.50. The zero-order valence-electron chi connectivity index (χ0n) is 16.0. The Morgan fingerprint density at radius 3 is 2.79 bits per heavy atom. The fraction of sp³-hybridized carbons (Fsp3) is 0.421. The topological polar surface area (TPSA) is 98.8 Å². The molecule has 1 aliphatic rings. The van der Waals surface area contributed by atoms with Gasteiger partial charge in [0.25, 0.3) is 5.56 Å². The van der Waals surface area contributed by atoms with Gasteiger partial charge in [0.2, 0.25) is 5.91 Å². The summed E-state index contributed by atoms with van der Waals surface area (Å²) in [6.07, 6.45) is 2.57. The van der Waals surface area contributed by atoms with Crippen molar-refractivity contribution in [2.75, 3.05) is 19.7 Å². The molecule has 0 spiro atoms. The number of piperidine rings is 1. The first kappa shape index (κ1) is 19.3. The van der Waals surface area contributed by atoms with Gasteiger partial charge in [-0.15, -0.1) is 11.3 Å². The number of rotatable bonds is 5. The van der Waals surface area contributed by atoms with E-state index >= 15 is 0 Å². The van der Waals surface area contributed by atoms with Gasteiger partial charge in [0, 0.05) is 13.1 Å². The van der Waals surface area contributed by atoms with Gasteiger partial charge in [0.1, 0.15) is 24.1 Å². The predicted molar refractivity (Wildman–Crippen MR) is 106 cm³/mol. The highest BCUT2D eigenvalue weighted by Gasteiger charge is 2.28. The van der Waals surface area contributed by atoms with Crippen LogP contribution in [0.3, 0.4) is 0 Å². The average Bonchev–Trinajstić information content (AvgIpc) is 3.40. The molecule has 4 rings (SSSR count). The van der Waals surface area contributed by atoms with Crippen LogP contribution in [0.15, 0.2) is 34.7 Å². The van der Waals surface area contributed by atoms with Crippen molar-refractivity contribution in [3.8, 4) is 10.6 Å². The number of carbonyl (C=O) groups excluding carboxylic acids is 2. The molecule has 29 heavy (non-hydrogen) atoms. The normalized spacial score (nSPS) is 15.0. The lowest BCUT2D eigenvalue weighted by atomic mass is 9.97. The van der Waals surface area contributed by atoms with E-state index in [4.69, 9.17) is 4.74 Å². The number of hydrogen-bond acceptors (Lipinski definition) is 7. The Morgan fingerprint density at radius 2 is 2.10 bits per heavy atom. The third-order valence-corrected chi connectivity index (χ3v) is 5.91. The molecule has 9 nitrogen and oxygen atoms in total. The van der Waals surface area contributed by atoms with E-state index < -0.39 is 0 Å². The van der Waals surface area contributed by atoms with E-state index in [1.165, 1.54) is 22.2 Å². The smallest absolute Gasteiger partial charge is 0.309 e. The first-order chi connectivity index (χ1) is 14.1. The number of hydrogen-bond donors (Lipinski definition) is 0. The molecule has 0 N–H and O–H groups in total. The molecule has 0 aliphatic carbocycles. The van der Waals surface area contributed by atoms with Crippen LogP contribution in [0.1, 0.15) is 19.8 Å². The van der Waals surface area contributed by atoms with Crippen LogP contribution in [0.5, 0.6) is 0 Å². The first-order valence-corrected chi connectivity index (χ1v) is 10.4. The minimum absolute atomic E-state index is 0.140. The maximum Gasteiger partial charge on any atom is 0.309 e. The van der Waals surface area contributed by atoms with Crippen LogP contribution in [-0.2, 0) is 20.9 Å². The van der Waals surface area contributed by atoms with E-state index in [9.17, 15) is 14.4 Å². The quantitative estimate of drug-likeness (QED) is 0.585. The van der Waals surface area contributed by atoms with Crippen molar-refractivity contribution in [3.63, 3.8) is 0 Å². The van der Waals surface area contributed by atoms with Crippen molar-refractivity contribution in [1.82, 2.24) is 24.3 Å². The van der Waals surface area contributed by atoms with Gasteiger partial charge in [-0.05, 0) is 37.3 Å². The number of esters is 1. The molecule has 1 aliphatic heterocycles. The number of carbonyl (C=O) groups is 2. The highest BCUT2D eigenvalue weighted by atomic mass is 32.1. The van der Waals surface area contributed by atoms with E-state index in [-0.39, 0.29) is 29.9 Å². The third kappa shape index (κ3) is 3.93. The average molecular weight is 415 g/mol. The second-order valence-corrected chi connectivity index (χ2v) is 7.79. The Bertz CT molecular complexity index is 1080.